The standard InChI is InChI=1S/C10H15OSi/c1-3-10(4-2,11-12)9-7-5-6-8-9/h5-7H,3-4,8H2,1-2H3. The van der Waals surface area contributed by atoms with Gasteiger partial charge in [-0.05, 0) is 24.8 Å². The molecule has 1 aliphatic rings. The third kappa shape index (κ3) is 1.54. The van der Waals surface area contributed by atoms with Gasteiger partial charge in [-0.1, -0.05) is 32.1 Å². The van der Waals surface area contributed by atoms with Crippen LogP contribution in [0.5, 0.6) is 0 Å². The van der Waals surface area contributed by atoms with Crippen LogP contribution in [0.2, 0.25) is 0 Å². The molecule has 0 N–H and O–H groups in total. The van der Waals surface area contributed by atoms with Gasteiger partial charge in [0.2, 0.25) is 10.5 Å². The first-order valence-corrected chi connectivity index (χ1v) is 4.90. The van der Waals surface area contributed by atoms with Gasteiger partial charge in [-0.2, -0.15) is 0 Å². The van der Waals surface area contributed by atoms with Crippen molar-refractivity contribution in [1.82, 2.24) is 0 Å². The van der Waals surface area contributed by atoms with Gasteiger partial charge in [0.1, 0.15) is 0 Å². The van der Waals surface area contributed by atoms with Crippen molar-refractivity contribution in [2.24, 2.45) is 0 Å². The van der Waals surface area contributed by atoms with E-state index < -0.39 is 0 Å². The van der Waals surface area contributed by atoms with Crippen molar-refractivity contribution in [2.45, 2.75) is 38.7 Å². The summed E-state index contributed by atoms with van der Waals surface area (Å²) < 4.78 is 5.42. The van der Waals surface area contributed by atoms with Crippen molar-refractivity contribution in [3.63, 3.8) is 0 Å². The molecule has 0 saturated heterocycles. The lowest BCUT2D eigenvalue weighted by Gasteiger charge is -2.32. The number of hydrogen-bond acceptors (Lipinski definition) is 1. The summed E-state index contributed by atoms with van der Waals surface area (Å²) in [5.74, 6) is 0. The maximum Gasteiger partial charge on any atom is 0.247 e. The molecule has 0 unspecified atom stereocenters. The van der Waals surface area contributed by atoms with Crippen molar-refractivity contribution in [3.8, 4) is 0 Å². The molecule has 0 saturated carbocycles. The monoisotopic (exact) mass is 179 g/mol. The highest BCUT2D eigenvalue weighted by atomic mass is 28.2. The minimum absolute atomic E-state index is 0.0829. The summed E-state index contributed by atoms with van der Waals surface area (Å²) in [6, 6.07) is 0. The zero-order valence-electron chi connectivity index (χ0n) is 7.76. The number of rotatable bonds is 4. The Bertz CT molecular complexity index is 194. The highest BCUT2D eigenvalue weighted by molar-refractivity contribution is 5.98. The van der Waals surface area contributed by atoms with Crippen LogP contribution in [0.1, 0.15) is 33.1 Å². The Morgan fingerprint density at radius 3 is 2.50 bits per heavy atom. The van der Waals surface area contributed by atoms with Crippen LogP contribution in [0.4, 0.5) is 0 Å². The summed E-state index contributed by atoms with van der Waals surface area (Å²) in [4.78, 5) is 0. The molecule has 1 aliphatic carbocycles. The van der Waals surface area contributed by atoms with Crippen molar-refractivity contribution < 1.29 is 4.43 Å². The normalized spacial score (nSPS) is 16.8. The van der Waals surface area contributed by atoms with Gasteiger partial charge in [0.05, 0.1) is 5.60 Å². The smallest absolute Gasteiger partial charge is 0.247 e. The Hall–Kier alpha value is -0.343. The van der Waals surface area contributed by atoms with Crippen LogP contribution in [-0.2, 0) is 4.43 Å². The van der Waals surface area contributed by atoms with Crippen molar-refractivity contribution in [3.05, 3.63) is 23.8 Å². The van der Waals surface area contributed by atoms with Gasteiger partial charge in [-0.15, -0.1) is 0 Å². The largest absolute Gasteiger partial charge is 0.410 e. The molecular weight excluding hydrogens is 164 g/mol. The van der Waals surface area contributed by atoms with Crippen LogP contribution in [0, 0.1) is 0 Å². The van der Waals surface area contributed by atoms with E-state index in [4.69, 9.17) is 4.43 Å². The fourth-order valence-corrected chi connectivity index (χ4v) is 2.12. The minimum atomic E-state index is -0.0829. The quantitative estimate of drug-likeness (QED) is 0.603. The summed E-state index contributed by atoms with van der Waals surface area (Å²) in [6.45, 7) is 4.31. The third-order valence-corrected chi connectivity index (χ3v) is 3.08. The summed E-state index contributed by atoms with van der Waals surface area (Å²) in [7, 11) is 3.18. The summed E-state index contributed by atoms with van der Waals surface area (Å²) >= 11 is 0. The van der Waals surface area contributed by atoms with Crippen molar-refractivity contribution in [2.75, 3.05) is 0 Å². The van der Waals surface area contributed by atoms with Gasteiger partial charge >= 0.3 is 0 Å². The molecule has 0 aliphatic heterocycles. The van der Waals surface area contributed by atoms with Crippen LogP contribution in [0.25, 0.3) is 0 Å². The van der Waals surface area contributed by atoms with E-state index in [2.05, 4.69) is 42.6 Å². The minimum Gasteiger partial charge on any atom is -0.410 e. The second-order valence-electron chi connectivity index (χ2n) is 3.13. The predicted octanol–water partition coefficient (Wildman–Crippen LogP) is 2.53. The molecule has 65 valence electrons. The van der Waals surface area contributed by atoms with Gasteiger partial charge in [0.15, 0.2) is 0 Å². The maximum absolute atomic E-state index is 5.42. The van der Waals surface area contributed by atoms with Gasteiger partial charge in [0.25, 0.3) is 0 Å². The molecule has 0 atom stereocenters. The summed E-state index contributed by atoms with van der Waals surface area (Å²) in [5.41, 5.74) is 1.29. The molecule has 0 aromatic rings. The van der Waals surface area contributed by atoms with E-state index in [1.54, 1.807) is 0 Å². The highest BCUT2D eigenvalue weighted by Gasteiger charge is 2.29. The molecule has 0 aromatic heterocycles. The summed E-state index contributed by atoms with van der Waals surface area (Å²) in [5, 5.41) is 0. The molecule has 0 spiro atoms. The van der Waals surface area contributed by atoms with Gasteiger partial charge in [0, 0.05) is 0 Å². The molecule has 0 amide bonds. The SMILES string of the molecule is CCC(CC)(O[Si])C1=CC=CC1. The fourth-order valence-electron chi connectivity index (χ4n) is 1.70. The zero-order chi connectivity index (χ0) is 9.03. The Labute approximate surface area is 78.0 Å². The first-order valence-electron chi connectivity index (χ1n) is 4.50. The van der Waals surface area contributed by atoms with Crippen molar-refractivity contribution >= 4 is 10.5 Å². The Balaban J connectivity index is 2.77. The molecule has 2 heteroatoms. The van der Waals surface area contributed by atoms with Gasteiger partial charge < -0.3 is 4.43 Å². The second kappa shape index (κ2) is 4.05. The van der Waals surface area contributed by atoms with E-state index in [-0.39, 0.29) is 5.60 Å². The molecule has 0 fully saturated rings. The molecule has 0 aromatic carbocycles. The van der Waals surface area contributed by atoms with Crippen LogP contribution in [0.3, 0.4) is 0 Å². The third-order valence-electron chi connectivity index (χ3n) is 2.69. The van der Waals surface area contributed by atoms with E-state index >= 15 is 0 Å². The Kier molecular flexibility index (Phi) is 3.29. The van der Waals surface area contributed by atoms with Crippen LogP contribution >= 0.6 is 0 Å². The van der Waals surface area contributed by atoms with E-state index in [0.717, 1.165) is 19.3 Å². The molecule has 3 radical (unpaired) electrons. The van der Waals surface area contributed by atoms with Gasteiger partial charge in [-0.3, -0.25) is 0 Å². The van der Waals surface area contributed by atoms with E-state index in [9.17, 15) is 0 Å². The molecule has 12 heavy (non-hydrogen) atoms. The maximum atomic E-state index is 5.42. The van der Waals surface area contributed by atoms with E-state index in [0.29, 0.717) is 0 Å². The topological polar surface area (TPSA) is 9.23 Å². The number of allylic oxidation sites excluding steroid dienone is 3. The molecular formula is C10H15OSi. The fraction of sp³-hybridized carbons (Fsp3) is 0.600. The van der Waals surface area contributed by atoms with E-state index in [1.807, 2.05) is 0 Å². The first kappa shape index (κ1) is 9.74. The lowest BCUT2D eigenvalue weighted by atomic mass is 9.88. The summed E-state index contributed by atoms with van der Waals surface area (Å²) in [6.07, 6.45) is 9.49. The Morgan fingerprint density at radius 1 is 1.50 bits per heavy atom. The highest BCUT2D eigenvalue weighted by Crippen LogP contribution is 2.33. The Morgan fingerprint density at radius 2 is 2.17 bits per heavy atom. The average Bonchev–Trinajstić information content (AvgIpc) is 2.62. The average molecular weight is 179 g/mol. The lowest BCUT2D eigenvalue weighted by molar-refractivity contribution is 0.110. The van der Waals surface area contributed by atoms with Crippen molar-refractivity contribution in [1.29, 1.82) is 0 Å². The van der Waals surface area contributed by atoms with Gasteiger partial charge in [-0.25, -0.2) is 0 Å². The van der Waals surface area contributed by atoms with Crippen LogP contribution < -0.4 is 0 Å². The van der Waals surface area contributed by atoms with E-state index in [1.165, 1.54) is 5.57 Å². The second-order valence-corrected chi connectivity index (χ2v) is 3.33. The first-order chi connectivity index (χ1) is 5.79. The van der Waals surface area contributed by atoms with Crippen LogP contribution in [-0.4, -0.2) is 16.1 Å². The molecule has 0 heterocycles. The zero-order valence-corrected chi connectivity index (χ0v) is 8.76. The van der Waals surface area contributed by atoms with Crippen LogP contribution in [0.15, 0.2) is 23.8 Å². The molecule has 1 rings (SSSR count). The molecule has 1 nitrogen and oxygen atoms in total. The molecule has 0 bridgehead atoms. The number of hydrogen-bond donors (Lipinski definition) is 0. The predicted molar refractivity (Wildman–Crippen MR) is 52.0 cm³/mol. The lowest BCUT2D eigenvalue weighted by Crippen LogP contribution is -2.32.